The molecule has 0 spiro atoms. The third-order valence-electron chi connectivity index (χ3n) is 12.2. The van der Waals surface area contributed by atoms with Crippen molar-refractivity contribution in [1.82, 2.24) is 4.90 Å². The Morgan fingerprint density at radius 2 is 1.69 bits per heavy atom. The van der Waals surface area contributed by atoms with Gasteiger partial charge >= 0.3 is 6.09 Å². The van der Waals surface area contributed by atoms with Gasteiger partial charge in [0.05, 0.1) is 36.4 Å². The number of nitrogens with zero attached hydrogens (tertiary/aromatic N) is 3. The maximum Gasteiger partial charge on any atom is 0.410 e. The minimum absolute atomic E-state index is 0.0231. The van der Waals surface area contributed by atoms with Crippen molar-refractivity contribution >= 4 is 17.5 Å². The van der Waals surface area contributed by atoms with Crippen molar-refractivity contribution in [3.8, 4) is 11.5 Å². The number of carbonyl (C=O) groups is 1. The number of amides is 1. The van der Waals surface area contributed by atoms with E-state index in [0.717, 1.165) is 42.4 Å². The molecule has 6 atom stereocenters. The van der Waals surface area contributed by atoms with Crippen LogP contribution in [0, 0.1) is 27.9 Å². The van der Waals surface area contributed by atoms with Gasteiger partial charge < -0.3 is 38.7 Å². The molecular formula is C50H63N3O11. The Labute approximate surface area is 376 Å². The van der Waals surface area contributed by atoms with E-state index in [-0.39, 0.29) is 69.5 Å². The van der Waals surface area contributed by atoms with E-state index >= 15 is 0 Å². The molecule has 3 aromatic carbocycles. The van der Waals surface area contributed by atoms with Crippen LogP contribution in [0.4, 0.5) is 10.5 Å². The first kappa shape index (κ1) is 47.9. The maximum absolute atomic E-state index is 14.5. The summed E-state index contributed by atoms with van der Waals surface area (Å²) in [6, 6.07) is 21.0. The minimum atomic E-state index is -1.46. The smallest absolute Gasteiger partial charge is 0.410 e. The summed E-state index contributed by atoms with van der Waals surface area (Å²) in [5.74, 6) is -0.901. The van der Waals surface area contributed by atoms with Crippen LogP contribution in [0.15, 0.2) is 115 Å². The van der Waals surface area contributed by atoms with E-state index in [4.69, 9.17) is 33.7 Å². The summed E-state index contributed by atoms with van der Waals surface area (Å²) in [7, 11) is 0. The average molecular weight is 882 g/mol. The number of non-ortho nitro benzene ring substituents is 1. The Kier molecular flexibility index (Phi) is 17.9. The summed E-state index contributed by atoms with van der Waals surface area (Å²) in [5.41, 5.74) is 4.11. The van der Waals surface area contributed by atoms with Crippen molar-refractivity contribution < 1.29 is 48.5 Å². The van der Waals surface area contributed by atoms with Gasteiger partial charge in [0.25, 0.3) is 5.69 Å². The van der Waals surface area contributed by atoms with Crippen LogP contribution in [-0.4, -0.2) is 89.9 Å². The molecule has 0 bridgehead atoms. The van der Waals surface area contributed by atoms with E-state index in [1.807, 2.05) is 55.5 Å². The molecule has 1 heterocycles. The summed E-state index contributed by atoms with van der Waals surface area (Å²) in [5, 5.41) is 36.0. The van der Waals surface area contributed by atoms with Gasteiger partial charge in [-0.05, 0) is 91.0 Å². The molecule has 14 heteroatoms. The fourth-order valence-corrected chi connectivity index (χ4v) is 9.44. The highest BCUT2D eigenvalue weighted by atomic mass is 16.7. The Bertz CT molecular complexity index is 2060. The topological polar surface area (TPSA) is 172 Å². The van der Waals surface area contributed by atoms with Gasteiger partial charge in [0.2, 0.25) is 5.79 Å². The van der Waals surface area contributed by atoms with Gasteiger partial charge in [-0.2, -0.15) is 0 Å². The van der Waals surface area contributed by atoms with Gasteiger partial charge in [0.15, 0.2) is 0 Å². The van der Waals surface area contributed by atoms with Crippen LogP contribution in [0.5, 0.6) is 11.5 Å². The standard InChI is InChI=1S/C50H63N3O11/c1-4-24-52(49(56)61-30-29-59-34-36-14-8-7-9-15-36)46-33-44(51-63-35-37-18-20-39(21-19-37)53(57)58)42-31-38(16-10-12-25-54)41(17-11-13-26-55)47-43-32-40(60-27-5-2)22-23-45(43)64-50(46,48(42)47)62-28-6-3/h5-9,14-15,18-23,31-32,38,41,46-48,54-55H,2-4,10-13,16-17,24-30,33-35H2,1H3/t38-,41+,46-,47+,48+,50+/m0/s1. The Hall–Kier alpha value is -5.54. The lowest BCUT2D eigenvalue weighted by atomic mass is 9.55. The molecule has 3 aliphatic rings. The van der Waals surface area contributed by atoms with Crippen molar-refractivity contribution in [3.05, 3.63) is 137 Å². The normalized spacial score (nSPS) is 22.6. The zero-order valence-corrected chi connectivity index (χ0v) is 36.9. The predicted molar refractivity (Wildman–Crippen MR) is 243 cm³/mol. The molecule has 0 aromatic heterocycles. The molecule has 344 valence electrons. The zero-order chi connectivity index (χ0) is 45.3. The van der Waals surface area contributed by atoms with Crippen LogP contribution >= 0.6 is 0 Å². The maximum atomic E-state index is 14.5. The number of aliphatic hydroxyl groups excluding tert-OH is 2. The lowest BCUT2D eigenvalue weighted by molar-refractivity contribution is -0.384. The predicted octanol–water partition coefficient (Wildman–Crippen LogP) is 9.06. The molecule has 3 aromatic rings. The quantitative estimate of drug-likeness (QED) is 0.0341. The van der Waals surface area contributed by atoms with Gasteiger partial charge in [-0.15, -0.1) is 6.58 Å². The second-order valence-electron chi connectivity index (χ2n) is 16.4. The van der Waals surface area contributed by atoms with Crippen molar-refractivity contribution in [2.75, 3.05) is 46.2 Å². The van der Waals surface area contributed by atoms with Crippen LogP contribution < -0.4 is 9.47 Å². The molecule has 1 fully saturated rings. The number of oxime groups is 1. The van der Waals surface area contributed by atoms with E-state index in [0.29, 0.717) is 61.8 Å². The molecular weight excluding hydrogens is 819 g/mol. The van der Waals surface area contributed by atoms with Crippen LogP contribution in [0.2, 0.25) is 0 Å². The van der Waals surface area contributed by atoms with Crippen molar-refractivity contribution in [2.45, 2.75) is 89.3 Å². The summed E-state index contributed by atoms with van der Waals surface area (Å²) in [6.45, 7) is 11.4. The fraction of sp³-hybridized carbons (Fsp3) is 0.480. The highest BCUT2D eigenvalue weighted by Crippen LogP contribution is 2.62. The first-order chi connectivity index (χ1) is 31.3. The van der Waals surface area contributed by atoms with Crippen molar-refractivity contribution in [3.63, 3.8) is 0 Å². The Morgan fingerprint density at radius 3 is 2.39 bits per heavy atom. The second kappa shape index (κ2) is 23.9. The van der Waals surface area contributed by atoms with E-state index in [1.165, 1.54) is 12.1 Å². The van der Waals surface area contributed by atoms with Crippen molar-refractivity contribution in [1.29, 1.82) is 0 Å². The number of nitro benzene ring substituents is 1. The lowest BCUT2D eigenvalue weighted by Gasteiger charge is -2.59. The fourth-order valence-electron chi connectivity index (χ4n) is 9.44. The van der Waals surface area contributed by atoms with Gasteiger partial charge in [0.1, 0.15) is 37.4 Å². The largest absolute Gasteiger partial charge is 0.490 e. The van der Waals surface area contributed by atoms with Crippen LogP contribution in [0.1, 0.15) is 80.9 Å². The summed E-state index contributed by atoms with van der Waals surface area (Å²) in [6.07, 6.45) is 10.3. The average Bonchev–Trinajstić information content (AvgIpc) is 3.31. The monoisotopic (exact) mass is 881 g/mol. The highest BCUT2D eigenvalue weighted by Gasteiger charge is 2.65. The summed E-state index contributed by atoms with van der Waals surface area (Å²) in [4.78, 5) is 33.3. The molecule has 2 aliphatic carbocycles. The minimum Gasteiger partial charge on any atom is -0.490 e. The summed E-state index contributed by atoms with van der Waals surface area (Å²) < 4.78 is 32.3. The van der Waals surface area contributed by atoms with E-state index in [1.54, 1.807) is 29.2 Å². The molecule has 64 heavy (non-hydrogen) atoms. The molecule has 1 amide bonds. The van der Waals surface area contributed by atoms with Gasteiger partial charge in [-0.1, -0.05) is 80.1 Å². The molecule has 0 saturated heterocycles. The third kappa shape index (κ3) is 11.6. The number of aliphatic hydroxyl groups is 2. The van der Waals surface area contributed by atoms with Crippen LogP contribution in [0.3, 0.4) is 0 Å². The molecule has 6 rings (SSSR count). The number of ether oxygens (including phenoxy) is 5. The van der Waals surface area contributed by atoms with Crippen LogP contribution in [-0.2, 0) is 32.3 Å². The first-order valence-electron chi connectivity index (χ1n) is 22.5. The molecule has 1 aliphatic heterocycles. The summed E-state index contributed by atoms with van der Waals surface area (Å²) >= 11 is 0. The van der Waals surface area contributed by atoms with Gasteiger partial charge in [-0.25, -0.2) is 4.79 Å². The number of nitro groups is 1. The second-order valence-corrected chi connectivity index (χ2v) is 16.4. The van der Waals surface area contributed by atoms with E-state index in [9.17, 15) is 25.1 Å². The Morgan fingerprint density at radius 1 is 0.953 bits per heavy atom. The first-order valence-corrected chi connectivity index (χ1v) is 22.5. The molecule has 14 nitrogen and oxygen atoms in total. The SMILES string of the molecule is C=CCOc1ccc2c(c1)[C@H]1[C@H](CCCCO)[C@@H](CCCCO)C=C3C(=NOCc4ccc([N+](=O)[O-])cc4)C[C@H](N(CCC)C(=O)OCCOCc4ccccc4)[C@@](OCC=C)(O2)[C@H]31. The van der Waals surface area contributed by atoms with E-state index < -0.39 is 28.8 Å². The van der Waals surface area contributed by atoms with E-state index in [2.05, 4.69) is 19.2 Å². The third-order valence-corrected chi connectivity index (χ3v) is 12.2. The highest BCUT2D eigenvalue weighted by molar-refractivity contribution is 6.03. The van der Waals surface area contributed by atoms with Gasteiger partial charge in [-0.3, -0.25) is 15.0 Å². The molecule has 0 unspecified atom stereocenters. The van der Waals surface area contributed by atoms with Gasteiger partial charge in [0, 0.05) is 49.8 Å². The van der Waals surface area contributed by atoms with Crippen LogP contribution in [0.25, 0.3) is 0 Å². The Balaban J connectivity index is 1.47. The molecule has 0 radical (unpaired) electrons. The number of benzene rings is 3. The van der Waals surface area contributed by atoms with Crippen molar-refractivity contribution in [2.24, 2.45) is 22.9 Å². The number of unbranched alkanes of at least 4 members (excludes halogenated alkanes) is 2. The number of hydrogen-bond acceptors (Lipinski definition) is 12. The number of hydrogen-bond donors (Lipinski definition) is 2. The molecule has 2 N–H and O–H groups in total. The zero-order valence-electron chi connectivity index (χ0n) is 36.9. The number of allylic oxidation sites excluding steroid dienone is 1. The number of rotatable bonds is 26. The number of fused-ring (bicyclic) bond motifs is 2. The number of carbonyl (C=O) groups excluding carboxylic acids is 1. The molecule has 1 saturated carbocycles. The lowest BCUT2D eigenvalue weighted by Crippen LogP contribution is -2.70.